The zero-order chi connectivity index (χ0) is 18.8. The molecule has 0 aliphatic rings. The number of halogens is 3. The van der Waals surface area contributed by atoms with Gasteiger partial charge in [-0.05, 0) is 42.8 Å². The molecule has 0 fully saturated rings. The van der Waals surface area contributed by atoms with E-state index >= 15 is 0 Å². The number of hydrogen-bond acceptors (Lipinski definition) is 4. The number of anilines is 1. The van der Waals surface area contributed by atoms with Gasteiger partial charge in [-0.15, -0.1) is 0 Å². The quantitative estimate of drug-likeness (QED) is 0.863. The maximum Gasteiger partial charge on any atom is 0.416 e. The third kappa shape index (κ3) is 4.49. The van der Waals surface area contributed by atoms with Crippen molar-refractivity contribution in [2.75, 3.05) is 5.32 Å². The third-order valence-corrected chi connectivity index (χ3v) is 4.44. The van der Waals surface area contributed by atoms with E-state index in [2.05, 4.69) is 5.32 Å². The maximum absolute atomic E-state index is 12.7. The average Bonchev–Trinajstić information content (AvgIpc) is 2.53. The highest BCUT2D eigenvalue weighted by atomic mass is 32.2. The van der Waals surface area contributed by atoms with Crippen LogP contribution in [0.5, 0.6) is 0 Å². The Morgan fingerprint density at radius 2 is 1.88 bits per heavy atom. The molecule has 3 N–H and O–H groups in total. The van der Waals surface area contributed by atoms with Crippen LogP contribution in [0.4, 0.5) is 18.9 Å². The number of primary sulfonamides is 1. The predicted octanol–water partition coefficient (Wildman–Crippen LogP) is 3.40. The smallest absolute Gasteiger partial charge is 0.377 e. The van der Waals surface area contributed by atoms with E-state index in [1.54, 1.807) is 19.1 Å². The lowest BCUT2D eigenvalue weighted by atomic mass is 10.1. The van der Waals surface area contributed by atoms with Crippen LogP contribution in [0.2, 0.25) is 0 Å². The van der Waals surface area contributed by atoms with Crippen LogP contribution in [-0.4, -0.2) is 8.42 Å². The summed E-state index contributed by atoms with van der Waals surface area (Å²) in [6, 6.07) is 9.90. The molecule has 0 aliphatic carbocycles. The van der Waals surface area contributed by atoms with Gasteiger partial charge in [0, 0.05) is 6.04 Å². The molecule has 2 aromatic rings. The van der Waals surface area contributed by atoms with Crippen LogP contribution in [0.15, 0.2) is 47.4 Å². The fourth-order valence-corrected chi connectivity index (χ4v) is 2.78. The minimum atomic E-state index is -4.54. The first-order chi connectivity index (χ1) is 11.5. The van der Waals surface area contributed by atoms with Gasteiger partial charge < -0.3 is 5.32 Å². The Labute approximate surface area is 142 Å². The number of nitriles is 1. The second-order valence-corrected chi connectivity index (χ2v) is 6.91. The lowest BCUT2D eigenvalue weighted by Crippen LogP contribution is -2.14. The normalized spacial score (nSPS) is 13.1. The van der Waals surface area contributed by atoms with Gasteiger partial charge in [0.05, 0.1) is 21.7 Å². The molecule has 0 unspecified atom stereocenters. The molecular formula is C16H14F3N3O2S. The lowest BCUT2D eigenvalue weighted by Gasteiger charge is -2.18. The molecule has 0 bridgehead atoms. The van der Waals surface area contributed by atoms with Gasteiger partial charge in [-0.1, -0.05) is 12.1 Å². The Morgan fingerprint density at radius 3 is 2.44 bits per heavy atom. The number of alkyl halides is 3. The van der Waals surface area contributed by atoms with Crippen molar-refractivity contribution in [3.05, 3.63) is 59.2 Å². The van der Waals surface area contributed by atoms with E-state index in [1.165, 1.54) is 24.3 Å². The summed E-state index contributed by atoms with van der Waals surface area (Å²) in [7, 11) is -3.87. The summed E-state index contributed by atoms with van der Waals surface area (Å²) in [5.74, 6) is 0. The van der Waals surface area contributed by atoms with Gasteiger partial charge >= 0.3 is 6.18 Å². The molecule has 0 saturated carbocycles. The van der Waals surface area contributed by atoms with Crippen LogP contribution in [0.25, 0.3) is 0 Å². The number of benzene rings is 2. The molecule has 0 saturated heterocycles. The lowest BCUT2D eigenvalue weighted by molar-refractivity contribution is -0.137. The minimum Gasteiger partial charge on any atom is -0.377 e. The van der Waals surface area contributed by atoms with Crippen molar-refractivity contribution in [3.8, 4) is 6.07 Å². The summed E-state index contributed by atoms with van der Waals surface area (Å²) in [6.07, 6.45) is -4.54. The van der Waals surface area contributed by atoms with Gasteiger partial charge in [-0.25, -0.2) is 13.6 Å². The Morgan fingerprint density at radius 1 is 1.20 bits per heavy atom. The molecular weight excluding hydrogens is 355 g/mol. The average molecular weight is 369 g/mol. The molecule has 0 spiro atoms. The first kappa shape index (κ1) is 18.8. The Hall–Kier alpha value is -2.57. The standard InChI is InChI=1S/C16H14F3N3O2S/c1-10(11-3-2-4-14(8-11)25(21,23)24)22-15-6-5-13(16(17,18)19)7-12(15)9-20/h2-8,10,22H,1H3,(H2,21,23,24)/t10-/m1/s1. The Kier molecular flexibility index (Phi) is 5.06. The van der Waals surface area contributed by atoms with E-state index in [1.807, 2.05) is 0 Å². The van der Waals surface area contributed by atoms with Gasteiger partial charge in [-0.3, -0.25) is 0 Å². The molecule has 0 aliphatic heterocycles. The van der Waals surface area contributed by atoms with Gasteiger partial charge in [0.15, 0.2) is 0 Å². The van der Waals surface area contributed by atoms with Gasteiger partial charge in [0.25, 0.3) is 0 Å². The van der Waals surface area contributed by atoms with Crippen LogP contribution in [0.1, 0.15) is 29.7 Å². The Bertz CT molecular complexity index is 934. The molecule has 132 valence electrons. The second-order valence-electron chi connectivity index (χ2n) is 5.35. The molecule has 1 atom stereocenters. The molecule has 0 heterocycles. The van der Waals surface area contributed by atoms with Crippen molar-refractivity contribution in [1.29, 1.82) is 5.26 Å². The fourth-order valence-electron chi connectivity index (χ4n) is 2.22. The van der Waals surface area contributed by atoms with Gasteiger partial charge in [0.2, 0.25) is 10.0 Å². The maximum atomic E-state index is 12.7. The molecule has 25 heavy (non-hydrogen) atoms. The third-order valence-electron chi connectivity index (χ3n) is 3.53. The topological polar surface area (TPSA) is 96.0 Å². The first-order valence-electron chi connectivity index (χ1n) is 7.03. The molecule has 0 radical (unpaired) electrons. The van der Waals surface area contributed by atoms with Crippen LogP contribution < -0.4 is 10.5 Å². The largest absolute Gasteiger partial charge is 0.416 e. The Balaban J connectivity index is 2.33. The number of rotatable bonds is 4. The van der Waals surface area contributed by atoms with Crippen LogP contribution >= 0.6 is 0 Å². The summed E-state index contributed by atoms with van der Waals surface area (Å²) < 4.78 is 61.0. The van der Waals surface area contributed by atoms with Crippen molar-refractivity contribution >= 4 is 15.7 Å². The van der Waals surface area contributed by atoms with E-state index in [-0.39, 0.29) is 16.1 Å². The van der Waals surface area contributed by atoms with Crippen LogP contribution in [0.3, 0.4) is 0 Å². The van der Waals surface area contributed by atoms with E-state index in [0.29, 0.717) is 5.56 Å². The van der Waals surface area contributed by atoms with Crippen LogP contribution in [-0.2, 0) is 16.2 Å². The highest BCUT2D eigenvalue weighted by Crippen LogP contribution is 2.32. The van der Waals surface area contributed by atoms with Crippen molar-refractivity contribution in [2.45, 2.75) is 24.0 Å². The monoisotopic (exact) mass is 369 g/mol. The van der Waals surface area contributed by atoms with Crippen molar-refractivity contribution in [2.24, 2.45) is 5.14 Å². The molecule has 2 aromatic carbocycles. The number of sulfonamides is 1. The summed E-state index contributed by atoms with van der Waals surface area (Å²) in [5.41, 5.74) is -0.318. The molecule has 0 aromatic heterocycles. The molecule has 9 heteroatoms. The van der Waals surface area contributed by atoms with Crippen LogP contribution in [0, 0.1) is 11.3 Å². The predicted molar refractivity (Wildman–Crippen MR) is 86.0 cm³/mol. The van der Waals surface area contributed by atoms with E-state index in [0.717, 1.165) is 12.1 Å². The summed E-state index contributed by atoms with van der Waals surface area (Å²) in [5, 5.41) is 17.1. The number of hydrogen-bond donors (Lipinski definition) is 2. The second kappa shape index (κ2) is 6.74. The molecule has 5 nitrogen and oxygen atoms in total. The summed E-state index contributed by atoms with van der Waals surface area (Å²) in [6.45, 7) is 1.68. The van der Waals surface area contributed by atoms with E-state index < -0.39 is 27.8 Å². The van der Waals surface area contributed by atoms with Gasteiger partial charge in [-0.2, -0.15) is 18.4 Å². The SMILES string of the molecule is C[C@@H](Nc1ccc(C(F)(F)F)cc1C#N)c1cccc(S(N)(=O)=O)c1. The van der Waals surface area contributed by atoms with Crippen molar-refractivity contribution in [3.63, 3.8) is 0 Å². The van der Waals surface area contributed by atoms with Crippen molar-refractivity contribution < 1.29 is 21.6 Å². The van der Waals surface area contributed by atoms with E-state index in [4.69, 9.17) is 10.4 Å². The number of nitrogens with one attached hydrogen (secondary N) is 1. The summed E-state index contributed by atoms with van der Waals surface area (Å²) >= 11 is 0. The number of nitrogens with two attached hydrogens (primary N) is 1. The molecule has 0 amide bonds. The zero-order valence-electron chi connectivity index (χ0n) is 13.0. The highest BCUT2D eigenvalue weighted by molar-refractivity contribution is 7.89. The highest BCUT2D eigenvalue weighted by Gasteiger charge is 2.31. The van der Waals surface area contributed by atoms with Gasteiger partial charge in [0.1, 0.15) is 6.07 Å². The number of nitrogens with zero attached hydrogens (tertiary/aromatic N) is 1. The first-order valence-corrected chi connectivity index (χ1v) is 8.57. The zero-order valence-corrected chi connectivity index (χ0v) is 13.8. The van der Waals surface area contributed by atoms with Crippen molar-refractivity contribution in [1.82, 2.24) is 0 Å². The fraction of sp³-hybridized carbons (Fsp3) is 0.188. The minimum absolute atomic E-state index is 0.0772. The summed E-state index contributed by atoms with van der Waals surface area (Å²) in [4.78, 5) is -0.0772. The molecule has 2 rings (SSSR count). The van der Waals surface area contributed by atoms with E-state index in [9.17, 15) is 21.6 Å².